The van der Waals surface area contributed by atoms with Gasteiger partial charge in [-0.25, -0.2) is 10.2 Å². The average molecular weight is 439 g/mol. The first-order valence-corrected chi connectivity index (χ1v) is 10.3. The number of methoxy groups -OCH3 is 1. The Morgan fingerprint density at radius 3 is 2.58 bits per heavy atom. The van der Waals surface area contributed by atoms with E-state index in [1.165, 1.54) is 24.7 Å². The molecule has 0 saturated carbocycles. The van der Waals surface area contributed by atoms with Gasteiger partial charge in [-0.1, -0.05) is 23.8 Å². The van der Waals surface area contributed by atoms with Crippen molar-refractivity contribution in [2.45, 2.75) is 13.8 Å². The van der Waals surface area contributed by atoms with Gasteiger partial charge in [-0.3, -0.25) is 4.79 Å². The Kier molecular flexibility index (Phi) is 7.40. The molecule has 31 heavy (non-hydrogen) atoms. The van der Waals surface area contributed by atoms with E-state index in [2.05, 4.69) is 10.5 Å². The van der Waals surface area contributed by atoms with E-state index in [1.54, 1.807) is 35.7 Å². The Balaban J connectivity index is 1.55. The van der Waals surface area contributed by atoms with E-state index in [4.69, 9.17) is 14.2 Å². The molecule has 0 aliphatic rings. The number of rotatable bonds is 8. The summed E-state index contributed by atoms with van der Waals surface area (Å²) in [7, 11) is 1.48. The molecule has 0 aliphatic heterocycles. The molecule has 2 aromatic carbocycles. The normalized spacial score (nSPS) is 10.7. The molecular weight excluding hydrogens is 416 g/mol. The van der Waals surface area contributed by atoms with Crippen LogP contribution in [0.2, 0.25) is 0 Å². The van der Waals surface area contributed by atoms with Gasteiger partial charge in [0.25, 0.3) is 5.91 Å². The molecule has 0 aliphatic carbocycles. The fourth-order valence-corrected chi connectivity index (χ4v) is 3.31. The Labute approximate surface area is 184 Å². The lowest BCUT2D eigenvalue weighted by molar-refractivity contribution is -0.123. The molecule has 7 nitrogen and oxygen atoms in total. The highest BCUT2D eigenvalue weighted by Gasteiger charge is 2.13. The van der Waals surface area contributed by atoms with Crippen molar-refractivity contribution in [1.82, 2.24) is 5.43 Å². The molecule has 3 aromatic rings. The molecule has 1 heterocycles. The van der Waals surface area contributed by atoms with Crippen LogP contribution in [0.5, 0.6) is 17.2 Å². The molecule has 0 fully saturated rings. The topological polar surface area (TPSA) is 86.2 Å². The van der Waals surface area contributed by atoms with Crippen LogP contribution in [0.1, 0.15) is 26.4 Å². The van der Waals surface area contributed by atoms with Crippen LogP contribution in [-0.2, 0) is 4.79 Å². The second kappa shape index (κ2) is 10.4. The van der Waals surface area contributed by atoms with E-state index in [-0.39, 0.29) is 12.5 Å². The monoisotopic (exact) mass is 438 g/mol. The molecule has 0 unspecified atom stereocenters. The summed E-state index contributed by atoms with van der Waals surface area (Å²) >= 11 is 1.30. The third-order valence-corrected chi connectivity index (χ3v) is 5.05. The van der Waals surface area contributed by atoms with Crippen molar-refractivity contribution in [2.24, 2.45) is 5.10 Å². The number of carbonyl (C=O) groups excluding carboxylic acids is 2. The highest BCUT2D eigenvalue weighted by atomic mass is 32.1. The van der Waals surface area contributed by atoms with Crippen molar-refractivity contribution < 1.29 is 23.8 Å². The van der Waals surface area contributed by atoms with E-state index < -0.39 is 5.97 Å². The summed E-state index contributed by atoms with van der Waals surface area (Å²) in [6.45, 7) is 3.77. The van der Waals surface area contributed by atoms with Crippen LogP contribution in [-0.4, -0.2) is 31.8 Å². The third-order valence-electron chi connectivity index (χ3n) is 4.20. The fourth-order valence-electron chi connectivity index (χ4n) is 2.71. The zero-order valence-corrected chi connectivity index (χ0v) is 18.2. The average Bonchev–Trinajstić information content (AvgIpc) is 3.29. The van der Waals surface area contributed by atoms with Gasteiger partial charge in [-0.15, -0.1) is 11.3 Å². The summed E-state index contributed by atoms with van der Waals surface area (Å²) in [5, 5.41) is 5.73. The number of carbonyl (C=O) groups is 2. The van der Waals surface area contributed by atoms with Crippen LogP contribution < -0.4 is 19.6 Å². The number of aryl methyl sites for hydroxylation is 2. The predicted octanol–water partition coefficient (Wildman–Crippen LogP) is 4.12. The SMILES string of the molecule is COc1cc(C=NNC(=O)COc2ccc(C)cc2C)ccc1OC(=O)c1cccs1. The Morgan fingerprint density at radius 2 is 1.87 bits per heavy atom. The maximum absolute atomic E-state index is 12.1. The molecule has 1 amide bonds. The fraction of sp³-hybridized carbons (Fsp3) is 0.174. The van der Waals surface area contributed by atoms with Gasteiger partial charge in [0, 0.05) is 0 Å². The first-order chi connectivity index (χ1) is 15.0. The maximum atomic E-state index is 12.1. The van der Waals surface area contributed by atoms with Crippen LogP contribution in [0.25, 0.3) is 0 Å². The van der Waals surface area contributed by atoms with Gasteiger partial charge in [-0.2, -0.15) is 5.10 Å². The Morgan fingerprint density at radius 1 is 1.06 bits per heavy atom. The Bertz CT molecular complexity index is 1090. The van der Waals surface area contributed by atoms with Gasteiger partial charge < -0.3 is 14.2 Å². The number of ether oxygens (including phenoxy) is 3. The molecular formula is C23H22N2O5S. The zero-order chi connectivity index (χ0) is 22.2. The van der Waals surface area contributed by atoms with E-state index in [0.717, 1.165) is 11.1 Å². The van der Waals surface area contributed by atoms with Crippen molar-refractivity contribution in [3.63, 3.8) is 0 Å². The quantitative estimate of drug-likeness (QED) is 0.247. The van der Waals surface area contributed by atoms with Crippen molar-refractivity contribution in [1.29, 1.82) is 0 Å². The van der Waals surface area contributed by atoms with Crippen LogP contribution in [0.4, 0.5) is 0 Å². The minimum absolute atomic E-state index is 0.151. The molecule has 160 valence electrons. The van der Waals surface area contributed by atoms with E-state index in [9.17, 15) is 9.59 Å². The highest BCUT2D eigenvalue weighted by Crippen LogP contribution is 2.28. The molecule has 0 atom stereocenters. The van der Waals surface area contributed by atoms with Crippen molar-refractivity contribution in [3.05, 3.63) is 75.5 Å². The second-order valence-electron chi connectivity index (χ2n) is 6.63. The van der Waals surface area contributed by atoms with Gasteiger partial charge in [-0.05, 0) is 60.7 Å². The smallest absolute Gasteiger partial charge is 0.353 e. The molecule has 0 bridgehead atoms. The van der Waals surface area contributed by atoms with Crippen LogP contribution in [0.3, 0.4) is 0 Å². The lowest BCUT2D eigenvalue weighted by atomic mass is 10.1. The number of hydrazone groups is 1. The summed E-state index contributed by atoms with van der Waals surface area (Å²) in [6.07, 6.45) is 1.46. The maximum Gasteiger partial charge on any atom is 0.353 e. The van der Waals surface area contributed by atoms with Gasteiger partial charge in [0.1, 0.15) is 10.6 Å². The minimum Gasteiger partial charge on any atom is -0.493 e. The molecule has 0 radical (unpaired) electrons. The standard InChI is InChI=1S/C23H22N2O5S/c1-15-6-8-18(16(2)11-15)29-14-22(26)25-24-13-17-7-9-19(20(12-17)28-3)30-23(27)21-5-4-10-31-21/h4-13H,14H2,1-3H3,(H,25,26). The van der Waals surface area contributed by atoms with Gasteiger partial charge in [0.2, 0.25) is 0 Å². The summed E-state index contributed by atoms with van der Waals surface area (Å²) in [5.74, 6) is 0.486. The number of thiophene rings is 1. The Hall–Kier alpha value is -3.65. The van der Waals surface area contributed by atoms with E-state index in [1.807, 2.05) is 32.0 Å². The molecule has 8 heteroatoms. The van der Waals surface area contributed by atoms with Crippen LogP contribution in [0, 0.1) is 13.8 Å². The van der Waals surface area contributed by atoms with Crippen molar-refractivity contribution in [3.8, 4) is 17.2 Å². The summed E-state index contributed by atoms with van der Waals surface area (Å²) < 4.78 is 16.2. The number of nitrogens with one attached hydrogen (secondary N) is 1. The summed E-state index contributed by atoms with van der Waals surface area (Å²) in [5.41, 5.74) is 5.16. The third kappa shape index (κ3) is 6.16. The first-order valence-electron chi connectivity index (χ1n) is 9.42. The molecule has 3 rings (SSSR count). The number of esters is 1. The number of benzene rings is 2. The molecule has 0 spiro atoms. The summed E-state index contributed by atoms with van der Waals surface area (Å²) in [6, 6.07) is 14.2. The lowest BCUT2D eigenvalue weighted by Crippen LogP contribution is -2.24. The second-order valence-corrected chi connectivity index (χ2v) is 7.58. The van der Waals surface area contributed by atoms with Crippen LogP contribution in [0.15, 0.2) is 59.0 Å². The highest BCUT2D eigenvalue weighted by molar-refractivity contribution is 7.12. The molecule has 1 N–H and O–H groups in total. The van der Waals surface area contributed by atoms with E-state index in [0.29, 0.717) is 27.7 Å². The first kappa shape index (κ1) is 22.0. The number of nitrogens with zero attached hydrogens (tertiary/aromatic N) is 1. The van der Waals surface area contributed by atoms with Gasteiger partial charge >= 0.3 is 5.97 Å². The van der Waals surface area contributed by atoms with Gasteiger partial charge in [0.05, 0.1) is 13.3 Å². The summed E-state index contributed by atoms with van der Waals surface area (Å²) in [4.78, 5) is 24.6. The number of hydrogen-bond donors (Lipinski definition) is 1. The van der Waals surface area contributed by atoms with Gasteiger partial charge in [0.15, 0.2) is 18.1 Å². The van der Waals surface area contributed by atoms with Crippen LogP contribution >= 0.6 is 11.3 Å². The number of amides is 1. The molecule has 0 saturated heterocycles. The largest absolute Gasteiger partial charge is 0.493 e. The van der Waals surface area contributed by atoms with Crippen molar-refractivity contribution >= 4 is 29.4 Å². The van der Waals surface area contributed by atoms with E-state index >= 15 is 0 Å². The lowest BCUT2D eigenvalue weighted by Gasteiger charge is -2.09. The predicted molar refractivity (Wildman–Crippen MR) is 119 cm³/mol. The zero-order valence-electron chi connectivity index (χ0n) is 17.4. The number of hydrogen-bond acceptors (Lipinski definition) is 7. The minimum atomic E-state index is -0.453. The van der Waals surface area contributed by atoms with Crippen molar-refractivity contribution in [2.75, 3.05) is 13.7 Å². The molecule has 1 aromatic heterocycles.